The molecule has 0 radical (unpaired) electrons. The predicted octanol–water partition coefficient (Wildman–Crippen LogP) is -0.769. The molecule has 1 aliphatic carbocycles. The number of carbonyl (C=O) groups excluding carboxylic acids is 2. The van der Waals surface area contributed by atoms with Gasteiger partial charge in [0.15, 0.2) is 0 Å². The van der Waals surface area contributed by atoms with Crippen LogP contribution >= 0.6 is 0 Å². The van der Waals surface area contributed by atoms with Gasteiger partial charge >= 0.3 is 0 Å². The molecule has 0 atom stereocenters. The maximum absolute atomic E-state index is 12.1. The number of nitriles is 1. The molecular formula is C14H16N4O4S. The largest absolute Gasteiger partial charge is 0.352 e. The van der Waals surface area contributed by atoms with E-state index in [1.54, 1.807) is 12.1 Å². The Morgan fingerprint density at radius 2 is 1.87 bits per heavy atom. The summed E-state index contributed by atoms with van der Waals surface area (Å²) >= 11 is 0. The van der Waals surface area contributed by atoms with E-state index in [9.17, 15) is 18.0 Å². The lowest BCUT2D eigenvalue weighted by molar-refractivity contribution is -0.125. The van der Waals surface area contributed by atoms with Crippen LogP contribution in [-0.4, -0.2) is 39.4 Å². The minimum atomic E-state index is -3.98. The van der Waals surface area contributed by atoms with E-state index in [0.717, 1.165) is 12.8 Å². The van der Waals surface area contributed by atoms with Crippen molar-refractivity contribution in [1.82, 2.24) is 15.4 Å². The van der Waals surface area contributed by atoms with Gasteiger partial charge in [0.2, 0.25) is 21.8 Å². The first-order valence-electron chi connectivity index (χ1n) is 6.97. The lowest BCUT2D eigenvalue weighted by Crippen LogP contribution is -2.42. The minimum absolute atomic E-state index is 0.00998. The van der Waals surface area contributed by atoms with Gasteiger partial charge in [0, 0.05) is 6.04 Å². The summed E-state index contributed by atoms with van der Waals surface area (Å²) in [4.78, 5) is 22.8. The molecule has 0 heterocycles. The number of rotatable bonds is 7. The Kier molecular flexibility index (Phi) is 5.31. The van der Waals surface area contributed by atoms with E-state index in [2.05, 4.69) is 15.4 Å². The lowest BCUT2D eigenvalue weighted by atomic mass is 10.2. The summed E-state index contributed by atoms with van der Waals surface area (Å²) in [6, 6.07) is 7.66. The maximum atomic E-state index is 12.1. The third-order valence-electron chi connectivity index (χ3n) is 3.11. The van der Waals surface area contributed by atoms with Crippen LogP contribution in [0.25, 0.3) is 0 Å². The zero-order chi connectivity index (χ0) is 16.9. The summed E-state index contributed by atoms with van der Waals surface area (Å²) < 4.78 is 26.3. The van der Waals surface area contributed by atoms with Crippen LogP contribution in [0.4, 0.5) is 0 Å². The number of amides is 2. The normalized spacial score (nSPS) is 13.9. The van der Waals surface area contributed by atoms with E-state index in [1.165, 1.54) is 18.2 Å². The van der Waals surface area contributed by atoms with Gasteiger partial charge in [-0.1, -0.05) is 12.1 Å². The second-order valence-electron chi connectivity index (χ2n) is 5.05. The van der Waals surface area contributed by atoms with Crippen molar-refractivity contribution in [2.75, 3.05) is 13.1 Å². The van der Waals surface area contributed by atoms with E-state index in [1.807, 2.05) is 0 Å². The van der Waals surface area contributed by atoms with Gasteiger partial charge in [0.1, 0.15) is 6.07 Å². The zero-order valence-corrected chi connectivity index (χ0v) is 13.0. The molecule has 1 aliphatic rings. The van der Waals surface area contributed by atoms with Crippen molar-refractivity contribution < 1.29 is 18.0 Å². The van der Waals surface area contributed by atoms with Gasteiger partial charge < -0.3 is 10.6 Å². The third kappa shape index (κ3) is 5.05. The summed E-state index contributed by atoms with van der Waals surface area (Å²) in [6.07, 6.45) is 1.88. The first kappa shape index (κ1) is 16.9. The highest BCUT2D eigenvalue weighted by atomic mass is 32.2. The molecule has 0 bridgehead atoms. The number of nitrogens with one attached hydrogen (secondary N) is 3. The fraction of sp³-hybridized carbons (Fsp3) is 0.357. The fourth-order valence-electron chi connectivity index (χ4n) is 1.78. The van der Waals surface area contributed by atoms with Gasteiger partial charge in [-0.25, -0.2) is 13.1 Å². The summed E-state index contributed by atoms with van der Waals surface area (Å²) in [6.45, 7) is -0.718. The molecule has 0 aliphatic heterocycles. The van der Waals surface area contributed by atoms with Crippen molar-refractivity contribution in [2.45, 2.75) is 23.8 Å². The second-order valence-corrected chi connectivity index (χ2v) is 6.79. The number of benzene rings is 1. The van der Waals surface area contributed by atoms with Crippen LogP contribution in [0.2, 0.25) is 0 Å². The summed E-state index contributed by atoms with van der Waals surface area (Å²) in [7, 11) is -3.98. The van der Waals surface area contributed by atoms with Crippen LogP contribution in [0.1, 0.15) is 18.4 Å². The highest BCUT2D eigenvalue weighted by molar-refractivity contribution is 7.89. The Labute approximate surface area is 133 Å². The topological polar surface area (TPSA) is 128 Å². The number of nitrogens with zero attached hydrogens (tertiary/aromatic N) is 1. The number of sulfonamides is 1. The van der Waals surface area contributed by atoms with Crippen molar-refractivity contribution in [3.8, 4) is 6.07 Å². The Morgan fingerprint density at radius 1 is 1.17 bits per heavy atom. The average molecular weight is 336 g/mol. The lowest BCUT2D eigenvalue weighted by Gasteiger charge is -2.09. The van der Waals surface area contributed by atoms with E-state index >= 15 is 0 Å². The number of hydrogen-bond donors (Lipinski definition) is 3. The maximum Gasteiger partial charge on any atom is 0.242 e. The first-order chi connectivity index (χ1) is 10.9. The molecule has 122 valence electrons. The highest BCUT2D eigenvalue weighted by Crippen LogP contribution is 2.18. The molecule has 1 fully saturated rings. The molecule has 2 rings (SSSR count). The molecule has 1 aromatic carbocycles. The molecule has 23 heavy (non-hydrogen) atoms. The summed E-state index contributed by atoms with van der Waals surface area (Å²) in [5.74, 6) is -0.938. The van der Waals surface area contributed by atoms with Crippen LogP contribution < -0.4 is 15.4 Å². The molecule has 0 unspecified atom stereocenters. The molecule has 9 heteroatoms. The van der Waals surface area contributed by atoms with E-state index in [4.69, 9.17) is 5.26 Å². The van der Waals surface area contributed by atoms with Gasteiger partial charge in [-0.15, -0.1) is 0 Å². The first-order valence-corrected chi connectivity index (χ1v) is 8.45. The Balaban J connectivity index is 1.85. The van der Waals surface area contributed by atoms with Gasteiger partial charge in [-0.3, -0.25) is 9.59 Å². The smallest absolute Gasteiger partial charge is 0.242 e. The van der Waals surface area contributed by atoms with E-state index in [-0.39, 0.29) is 29.0 Å². The minimum Gasteiger partial charge on any atom is -0.352 e. The van der Waals surface area contributed by atoms with Gasteiger partial charge in [-0.2, -0.15) is 5.26 Å². The van der Waals surface area contributed by atoms with Crippen molar-refractivity contribution in [1.29, 1.82) is 5.26 Å². The average Bonchev–Trinajstić information content (AvgIpc) is 3.35. The van der Waals surface area contributed by atoms with Crippen molar-refractivity contribution in [2.24, 2.45) is 0 Å². The Morgan fingerprint density at radius 3 is 2.52 bits per heavy atom. The fourth-order valence-corrected chi connectivity index (χ4v) is 2.92. The Bertz CT molecular complexity index is 750. The second kappa shape index (κ2) is 7.21. The van der Waals surface area contributed by atoms with Gasteiger partial charge in [-0.05, 0) is 25.0 Å². The Hall–Kier alpha value is -2.44. The van der Waals surface area contributed by atoms with E-state index < -0.39 is 22.5 Å². The standard InChI is InChI=1S/C14H16N4O4S/c15-7-10-3-1-2-4-12(10)23(21,22)17-9-13(19)16-8-14(20)18-11-5-6-11/h1-4,11,17H,5-6,8-9H2,(H,16,19)(H,18,20). The van der Waals surface area contributed by atoms with Crippen molar-refractivity contribution in [3.63, 3.8) is 0 Å². The number of hydrogen-bond acceptors (Lipinski definition) is 5. The molecule has 1 saturated carbocycles. The molecule has 1 aromatic rings. The van der Waals surface area contributed by atoms with Crippen molar-refractivity contribution in [3.05, 3.63) is 29.8 Å². The SMILES string of the molecule is N#Cc1ccccc1S(=O)(=O)NCC(=O)NCC(=O)NC1CC1. The molecule has 8 nitrogen and oxygen atoms in total. The number of carbonyl (C=O) groups is 2. The molecule has 3 N–H and O–H groups in total. The third-order valence-corrected chi connectivity index (χ3v) is 4.57. The van der Waals surface area contributed by atoms with Crippen LogP contribution in [-0.2, 0) is 19.6 Å². The van der Waals surface area contributed by atoms with Crippen LogP contribution in [0.15, 0.2) is 29.2 Å². The molecule has 2 amide bonds. The molecule has 0 aromatic heterocycles. The van der Waals surface area contributed by atoms with Crippen LogP contribution in [0.3, 0.4) is 0 Å². The quantitative estimate of drug-likeness (QED) is 0.602. The van der Waals surface area contributed by atoms with E-state index in [0.29, 0.717) is 0 Å². The van der Waals surface area contributed by atoms with Crippen LogP contribution in [0, 0.1) is 11.3 Å². The summed E-state index contributed by atoms with van der Waals surface area (Å²) in [5, 5.41) is 13.9. The predicted molar refractivity (Wildman–Crippen MR) is 80.5 cm³/mol. The zero-order valence-electron chi connectivity index (χ0n) is 12.2. The molecule has 0 saturated heterocycles. The molecular weight excluding hydrogens is 320 g/mol. The summed E-state index contributed by atoms with van der Waals surface area (Å²) in [5.41, 5.74) is -0.00998. The monoisotopic (exact) mass is 336 g/mol. The molecule has 0 spiro atoms. The van der Waals surface area contributed by atoms with Gasteiger partial charge in [0.25, 0.3) is 0 Å². The van der Waals surface area contributed by atoms with Crippen molar-refractivity contribution >= 4 is 21.8 Å². The highest BCUT2D eigenvalue weighted by Gasteiger charge is 2.23. The van der Waals surface area contributed by atoms with Crippen LogP contribution in [0.5, 0.6) is 0 Å². The van der Waals surface area contributed by atoms with Gasteiger partial charge in [0.05, 0.1) is 23.5 Å².